The van der Waals surface area contributed by atoms with E-state index in [1.54, 1.807) is 0 Å². The van der Waals surface area contributed by atoms with E-state index in [1.165, 1.54) is 0 Å². The van der Waals surface area contributed by atoms with E-state index in [0.717, 1.165) is 25.9 Å². The van der Waals surface area contributed by atoms with Crippen molar-refractivity contribution in [2.24, 2.45) is 0 Å². The van der Waals surface area contributed by atoms with Gasteiger partial charge in [-0.15, -0.1) is 0 Å². The Balaban J connectivity index is 2.32. The molecule has 0 amide bonds. The second-order valence-corrected chi connectivity index (χ2v) is 4.10. The Labute approximate surface area is 86.4 Å². The van der Waals surface area contributed by atoms with Gasteiger partial charge in [-0.25, -0.2) is 0 Å². The second-order valence-electron chi connectivity index (χ2n) is 4.10. The molecule has 0 saturated carbocycles. The number of aliphatic hydroxyl groups is 1. The van der Waals surface area contributed by atoms with Crippen molar-refractivity contribution in [1.29, 1.82) is 0 Å². The highest BCUT2D eigenvalue weighted by atomic mass is 16.5. The molecule has 0 radical (unpaired) electrons. The van der Waals surface area contributed by atoms with E-state index in [4.69, 9.17) is 4.74 Å². The lowest BCUT2D eigenvalue weighted by Crippen LogP contribution is -2.45. The number of allylic oxidation sites excluding steroid dienone is 1. The first kappa shape index (κ1) is 11.7. The van der Waals surface area contributed by atoms with Gasteiger partial charge in [-0.1, -0.05) is 12.2 Å². The summed E-state index contributed by atoms with van der Waals surface area (Å²) in [6, 6.07) is 0. The van der Waals surface area contributed by atoms with Crippen LogP contribution in [-0.2, 0) is 4.74 Å². The molecule has 1 N–H and O–H groups in total. The largest absolute Gasteiger partial charge is 0.388 e. The van der Waals surface area contributed by atoms with Gasteiger partial charge in [0.2, 0.25) is 0 Å². The normalized spacial score (nSPS) is 22.0. The molecule has 1 aliphatic heterocycles. The molecule has 0 aromatic rings. The molecule has 0 aromatic heterocycles. The predicted molar refractivity (Wildman–Crippen MR) is 57.3 cm³/mol. The van der Waals surface area contributed by atoms with Gasteiger partial charge in [0.25, 0.3) is 0 Å². The summed E-state index contributed by atoms with van der Waals surface area (Å²) in [7, 11) is 2.04. The summed E-state index contributed by atoms with van der Waals surface area (Å²) in [6.45, 7) is 5.03. The van der Waals surface area contributed by atoms with Gasteiger partial charge < -0.3 is 9.84 Å². The molecule has 14 heavy (non-hydrogen) atoms. The predicted octanol–water partition coefficient (Wildman–Crippen LogP) is 1.04. The Morgan fingerprint density at radius 1 is 1.43 bits per heavy atom. The number of hydrogen-bond acceptors (Lipinski definition) is 3. The molecule has 1 aliphatic rings. The third-order valence-electron chi connectivity index (χ3n) is 2.64. The van der Waals surface area contributed by atoms with Crippen LogP contribution in [0.4, 0.5) is 0 Å². The Bertz CT molecular complexity index is 186. The Hall–Kier alpha value is -0.380. The first-order chi connectivity index (χ1) is 6.66. The second kappa shape index (κ2) is 5.49. The Morgan fingerprint density at radius 3 is 2.64 bits per heavy atom. The molecule has 1 fully saturated rings. The van der Waals surface area contributed by atoms with Gasteiger partial charge in [0.05, 0.1) is 5.60 Å². The fraction of sp³-hybridized carbons (Fsp3) is 0.818. The highest BCUT2D eigenvalue weighted by molar-refractivity contribution is 4.87. The van der Waals surface area contributed by atoms with Gasteiger partial charge >= 0.3 is 0 Å². The number of ether oxygens (including phenoxy) is 1. The zero-order valence-corrected chi connectivity index (χ0v) is 9.20. The number of nitrogens with zero attached hydrogens (tertiary/aromatic N) is 1. The molecule has 0 spiro atoms. The molecule has 82 valence electrons. The summed E-state index contributed by atoms with van der Waals surface area (Å²) in [4.78, 5) is 2.14. The lowest BCUT2D eigenvalue weighted by molar-refractivity contribution is -0.0756. The van der Waals surface area contributed by atoms with E-state index >= 15 is 0 Å². The molecule has 1 rings (SSSR count). The highest BCUT2D eigenvalue weighted by Gasteiger charge is 2.30. The van der Waals surface area contributed by atoms with Crippen molar-refractivity contribution in [3.05, 3.63) is 12.2 Å². The maximum Gasteiger partial charge on any atom is 0.0817 e. The summed E-state index contributed by atoms with van der Waals surface area (Å²) >= 11 is 0. The van der Waals surface area contributed by atoms with E-state index < -0.39 is 5.60 Å². The minimum absolute atomic E-state index is 0.533. The fourth-order valence-corrected chi connectivity index (χ4v) is 1.76. The highest BCUT2D eigenvalue weighted by Crippen LogP contribution is 2.20. The summed E-state index contributed by atoms with van der Waals surface area (Å²) in [5.74, 6) is 0. The average Bonchev–Trinajstić information content (AvgIpc) is 2.15. The van der Waals surface area contributed by atoms with Crippen molar-refractivity contribution in [2.45, 2.75) is 25.4 Å². The molecule has 0 bridgehead atoms. The van der Waals surface area contributed by atoms with E-state index in [9.17, 15) is 5.11 Å². The quantitative estimate of drug-likeness (QED) is 0.687. The van der Waals surface area contributed by atoms with Crippen LogP contribution in [-0.4, -0.2) is 49.0 Å². The smallest absolute Gasteiger partial charge is 0.0817 e. The van der Waals surface area contributed by atoms with Crippen LogP contribution in [0.2, 0.25) is 0 Å². The topological polar surface area (TPSA) is 32.7 Å². The molecular formula is C11H21NO2. The van der Waals surface area contributed by atoms with Crippen LogP contribution in [0, 0.1) is 0 Å². The number of hydrogen-bond donors (Lipinski definition) is 1. The van der Waals surface area contributed by atoms with Crippen molar-refractivity contribution in [3.8, 4) is 0 Å². The molecule has 3 nitrogen and oxygen atoms in total. The SMILES string of the molecule is C/C=C/CN(C)CC1(O)CCOCC1. The number of likely N-dealkylation sites (N-methyl/N-ethyl adjacent to an activating group) is 1. The molecule has 0 aromatic carbocycles. The van der Waals surface area contributed by atoms with Gasteiger partial charge in [0.15, 0.2) is 0 Å². The van der Waals surface area contributed by atoms with E-state index in [0.29, 0.717) is 13.2 Å². The van der Waals surface area contributed by atoms with Crippen molar-refractivity contribution in [1.82, 2.24) is 4.90 Å². The van der Waals surface area contributed by atoms with Crippen LogP contribution in [0.1, 0.15) is 19.8 Å². The average molecular weight is 199 g/mol. The van der Waals surface area contributed by atoms with Crippen molar-refractivity contribution in [3.63, 3.8) is 0 Å². The van der Waals surface area contributed by atoms with Gasteiger partial charge in [0.1, 0.15) is 0 Å². The Morgan fingerprint density at radius 2 is 2.07 bits per heavy atom. The Kier molecular flexibility index (Phi) is 4.58. The summed E-state index contributed by atoms with van der Waals surface area (Å²) < 4.78 is 5.24. The van der Waals surface area contributed by atoms with Crippen LogP contribution < -0.4 is 0 Å². The maximum atomic E-state index is 10.2. The fourth-order valence-electron chi connectivity index (χ4n) is 1.76. The monoisotopic (exact) mass is 199 g/mol. The van der Waals surface area contributed by atoms with Crippen LogP contribution in [0.25, 0.3) is 0 Å². The van der Waals surface area contributed by atoms with Gasteiger partial charge in [-0.2, -0.15) is 0 Å². The van der Waals surface area contributed by atoms with Crippen molar-refractivity contribution in [2.75, 3.05) is 33.4 Å². The van der Waals surface area contributed by atoms with Crippen LogP contribution >= 0.6 is 0 Å². The van der Waals surface area contributed by atoms with Gasteiger partial charge in [-0.05, 0) is 14.0 Å². The van der Waals surface area contributed by atoms with E-state index in [2.05, 4.69) is 11.0 Å². The van der Waals surface area contributed by atoms with Gasteiger partial charge in [0, 0.05) is 39.1 Å². The maximum absolute atomic E-state index is 10.2. The summed E-state index contributed by atoms with van der Waals surface area (Å²) in [5, 5.41) is 10.2. The van der Waals surface area contributed by atoms with Crippen molar-refractivity contribution < 1.29 is 9.84 Å². The summed E-state index contributed by atoms with van der Waals surface area (Å²) in [6.07, 6.45) is 5.65. The van der Waals surface area contributed by atoms with E-state index in [1.807, 2.05) is 20.0 Å². The lowest BCUT2D eigenvalue weighted by Gasteiger charge is -2.35. The molecule has 0 atom stereocenters. The zero-order chi connectivity index (χ0) is 10.4. The first-order valence-corrected chi connectivity index (χ1v) is 5.26. The molecule has 0 aliphatic carbocycles. The minimum Gasteiger partial charge on any atom is -0.388 e. The molecular weight excluding hydrogens is 178 g/mol. The number of rotatable bonds is 4. The molecule has 3 heteroatoms. The lowest BCUT2D eigenvalue weighted by atomic mass is 9.94. The third-order valence-corrected chi connectivity index (χ3v) is 2.64. The zero-order valence-electron chi connectivity index (χ0n) is 9.20. The van der Waals surface area contributed by atoms with Gasteiger partial charge in [-0.3, -0.25) is 4.90 Å². The standard InChI is InChI=1S/C11H21NO2/c1-3-4-7-12(2)10-11(13)5-8-14-9-6-11/h3-4,13H,5-10H2,1-2H3/b4-3+. The van der Waals surface area contributed by atoms with E-state index in [-0.39, 0.29) is 0 Å². The first-order valence-electron chi connectivity index (χ1n) is 5.26. The summed E-state index contributed by atoms with van der Waals surface area (Å²) in [5.41, 5.74) is -0.533. The van der Waals surface area contributed by atoms with Crippen molar-refractivity contribution >= 4 is 0 Å². The third kappa shape index (κ3) is 3.78. The van der Waals surface area contributed by atoms with Crippen LogP contribution in [0.3, 0.4) is 0 Å². The van der Waals surface area contributed by atoms with Crippen LogP contribution in [0.15, 0.2) is 12.2 Å². The molecule has 1 heterocycles. The molecule has 1 saturated heterocycles. The van der Waals surface area contributed by atoms with Crippen LogP contribution in [0.5, 0.6) is 0 Å². The molecule has 0 unspecified atom stereocenters. The minimum atomic E-state index is -0.533.